The number of fused-ring (bicyclic) bond motifs is 19. The predicted molar refractivity (Wildman–Crippen MR) is 392 cm³/mol. The van der Waals surface area contributed by atoms with Gasteiger partial charge in [0.25, 0.3) is 0 Å². The van der Waals surface area contributed by atoms with Crippen LogP contribution in [0.3, 0.4) is 0 Å². The van der Waals surface area contributed by atoms with Crippen LogP contribution in [0.25, 0.3) is 128 Å². The van der Waals surface area contributed by atoms with E-state index in [2.05, 4.69) is 326 Å². The molecule has 14 aromatic carbocycles. The summed E-state index contributed by atoms with van der Waals surface area (Å²) in [6.07, 6.45) is 2.40. The largest absolute Gasteiger partial charge is 0.309 e. The summed E-state index contributed by atoms with van der Waals surface area (Å²) in [5.74, 6) is 0. The molecule has 2 aliphatic rings. The lowest BCUT2D eigenvalue weighted by Crippen LogP contribution is -2.25. The Hall–Kier alpha value is -10.7. The zero-order valence-electron chi connectivity index (χ0n) is 49.3. The first-order valence-corrected chi connectivity index (χ1v) is 33.6. The molecule has 2 aliphatic carbocycles. The average Bonchev–Trinajstić information content (AvgIpc) is 1.51. The van der Waals surface area contributed by atoms with Gasteiger partial charge in [0.2, 0.25) is 0 Å². The number of nitrogens with zero attached hydrogens (tertiary/aromatic N) is 1. The van der Waals surface area contributed by atoms with E-state index in [1.54, 1.807) is 0 Å². The minimum Gasteiger partial charge on any atom is -0.309 e. The minimum atomic E-state index is -0.385. The van der Waals surface area contributed by atoms with Crippen molar-refractivity contribution in [2.45, 2.75) is 5.41 Å². The molecule has 1 nitrogen and oxygen atoms in total. The number of thiophene rings is 3. The molecule has 19 rings (SSSR count). The van der Waals surface area contributed by atoms with Crippen LogP contribution in [0.5, 0.6) is 0 Å². The van der Waals surface area contributed by atoms with E-state index < -0.39 is 0 Å². The third-order valence-corrected chi connectivity index (χ3v) is 22.9. The highest BCUT2D eigenvalue weighted by Gasteiger charge is 2.51. The van der Waals surface area contributed by atoms with Crippen molar-refractivity contribution in [3.8, 4) is 55.6 Å². The second kappa shape index (κ2) is 20.7. The van der Waals surface area contributed by atoms with Crippen LogP contribution in [-0.4, -0.2) is 0 Å². The molecule has 0 saturated heterocycles. The summed E-state index contributed by atoms with van der Waals surface area (Å²) in [7, 11) is 0. The van der Waals surface area contributed by atoms with Gasteiger partial charge in [-0.25, -0.2) is 0 Å². The van der Waals surface area contributed by atoms with Crippen LogP contribution in [0.4, 0.5) is 17.1 Å². The average molecular weight is 1210 g/mol. The Balaban J connectivity index is 0.764. The van der Waals surface area contributed by atoms with E-state index in [0.717, 1.165) is 22.6 Å². The fourth-order valence-corrected chi connectivity index (χ4v) is 18.8. The molecule has 0 fully saturated rings. The van der Waals surface area contributed by atoms with Gasteiger partial charge in [-0.2, -0.15) is 0 Å². The molecule has 3 heterocycles. The first-order valence-electron chi connectivity index (χ1n) is 31.2. The van der Waals surface area contributed by atoms with Crippen molar-refractivity contribution in [2.24, 2.45) is 0 Å². The first-order chi connectivity index (χ1) is 45.1. The van der Waals surface area contributed by atoms with Crippen LogP contribution in [0, 0.1) is 0 Å². The maximum atomic E-state index is 2.50. The lowest BCUT2D eigenvalue weighted by molar-refractivity contribution is 0.794. The van der Waals surface area contributed by atoms with Gasteiger partial charge < -0.3 is 4.90 Å². The number of hydrogen-bond donors (Lipinski definition) is 0. The summed E-state index contributed by atoms with van der Waals surface area (Å²) in [5.41, 5.74) is 25.6. The number of anilines is 3. The molecule has 0 bridgehead atoms. The monoisotopic (exact) mass is 1210 g/mol. The van der Waals surface area contributed by atoms with Crippen molar-refractivity contribution < 1.29 is 0 Å². The van der Waals surface area contributed by atoms with Gasteiger partial charge in [0.1, 0.15) is 0 Å². The van der Waals surface area contributed by atoms with Gasteiger partial charge in [-0.15, -0.1) is 34.0 Å². The number of hydrogen-bond acceptors (Lipinski definition) is 4. The molecule has 3 aromatic heterocycles. The zero-order valence-corrected chi connectivity index (χ0v) is 51.7. The second-order valence-corrected chi connectivity index (χ2v) is 27.3. The van der Waals surface area contributed by atoms with E-state index in [1.807, 2.05) is 34.0 Å². The Labute approximate surface area is 539 Å². The Bertz CT molecular complexity index is 5800. The van der Waals surface area contributed by atoms with Crippen molar-refractivity contribution in [2.75, 3.05) is 4.90 Å². The quantitative estimate of drug-likeness (QED) is 0.130. The van der Waals surface area contributed by atoms with Crippen LogP contribution < -0.4 is 4.90 Å². The van der Waals surface area contributed by atoms with Crippen LogP contribution in [0.2, 0.25) is 0 Å². The Morgan fingerprint density at radius 2 is 0.791 bits per heavy atom. The summed E-state index contributed by atoms with van der Waals surface area (Å²) >= 11 is 5.66. The third kappa shape index (κ3) is 8.07. The van der Waals surface area contributed by atoms with Gasteiger partial charge in [0, 0.05) is 72.8 Å². The molecule has 424 valence electrons. The van der Waals surface area contributed by atoms with Gasteiger partial charge in [0.15, 0.2) is 0 Å². The molecule has 0 saturated carbocycles. The van der Waals surface area contributed by atoms with Gasteiger partial charge in [-0.1, -0.05) is 243 Å². The lowest BCUT2D eigenvalue weighted by atomic mass is 9.70. The molecular weight excluding hydrogens is 1160 g/mol. The van der Waals surface area contributed by atoms with E-state index in [1.165, 1.54) is 155 Å². The van der Waals surface area contributed by atoms with E-state index >= 15 is 0 Å². The summed E-state index contributed by atoms with van der Waals surface area (Å²) in [5, 5.41) is 7.68. The predicted octanol–water partition coefficient (Wildman–Crippen LogP) is 25.2. The molecule has 0 radical (unpaired) electrons. The van der Waals surface area contributed by atoms with Gasteiger partial charge in [-0.05, 0) is 173 Å². The Kier molecular flexibility index (Phi) is 11.9. The molecule has 4 heteroatoms. The molecular formula is C87H53NS3. The standard InChI is InChI=1S/C87H53NS3/c1-3-20-54(21-4-1)48-70(56-42-40-55(41-43-56)58-45-47-83-74(51-58)65-29-10-15-38-81(65)89-83)72-53-84-75(66-30-11-16-39-82(66)90-84)52-71(72)69-32-18-31-67-68-33-19-37-80(86(68)91-85(67)69)88(60-23-5-2-6-24-60)61-25-17-22-57(49-61)59-44-46-79-73(50-59)64-28-9-14-36-78(64)87(79)76-34-12-7-26-62(76)63-27-8-13-35-77(63)87/h1-53H/b70-48+. The SMILES string of the molecule is C(=C(/c1ccc(-c2ccc3sc4ccccc4c3c2)cc1)c1cc2sc3ccccc3c2cc1-c1cccc2c1sc1c(N(c3ccccc3)c3cccc(-c4ccc5c(c4)-c4ccccc4C54c5ccccc5-c5ccccc54)c3)cccc12)/c1ccccc1. The van der Waals surface area contributed by atoms with Crippen LogP contribution in [0.1, 0.15) is 38.9 Å². The van der Waals surface area contributed by atoms with Gasteiger partial charge in [-0.3, -0.25) is 0 Å². The van der Waals surface area contributed by atoms with E-state index in [-0.39, 0.29) is 5.41 Å². The summed E-state index contributed by atoms with van der Waals surface area (Å²) in [4.78, 5) is 2.48. The highest BCUT2D eigenvalue weighted by molar-refractivity contribution is 7.27. The van der Waals surface area contributed by atoms with Crippen LogP contribution in [-0.2, 0) is 5.41 Å². The Morgan fingerprint density at radius 1 is 0.286 bits per heavy atom. The van der Waals surface area contributed by atoms with Crippen molar-refractivity contribution in [3.63, 3.8) is 0 Å². The Morgan fingerprint density at radius 3 is 1.52 bits per heavy atom. The van der Waals surface area contributed by atoms with Crippen molar-refractivity contribution in [3.05, 3.63) is 354 Å². The minimum absolute atomic E-state index is 0.385. The van der Waals surface area contributed by atoms with Crippen molar-refractivity contribution in [1.82, 2.24) is 0 Å². The van der Waals surface area contributed by atoms with Gasteiger partial charge in [0.05, 0.1) is 15.8 Å². The van der Waals surface area contributed by atoms with Crippen molar-refractivity contribution >= 4 is 123 Å². The highest BCUT2D eigenvalue weighted by Crippen LogP contribution is 2.63. The first kappa shape index (κ1) is 52.2. The zero-order chi connectivity index (χ0) is 59.7. The summed E-state index contributed by atoms with van der Waals surface area (Å²) in [6.45, 7) is 0. The van der Waals surface area contributed by atoms with E-state index in [9.17, 15) is 0 Å². The number of rotatable bonds is 9. The third-order valence-electron chi connectivity index (χ3n) is 19.3. The fourth-order valence-electron chi connectivity index (χ4n) is 15.3. The molecule has 0 atom stereocenters. The van der Waals surface area contributed by atoms with Crippen molar-refractivity contribution in [1.29, 1.82) is 0 Å². The molecule has 0 N–H and O–H groups in total. The topological polar surface area (TPSA) is 3.24 Å². The maximum Gasteiger partial charge on any atom is 0.0725 e. The highest BCUT2D eigenvalue weighted by atomic mass is 32.1. The number of para-hydroxylation sites is 1. The molecule has 0 aliphatic heterocycles. The summed E-state index contributed by atoms with van der Waals surface area (Å²) < 4.78 is 7.71. The maximum absolute atomic E-state index is 2.50. The molecule has 91 heavy (non-hydrogen) atoms. The molecule has 0 unspecified atom stereocenters. The summed E-state index contributed by atoms with van der Waals surface area (Å²) in [6, 6.07) is 118. The normalized spacial score (nSPS) is 13.0. The fraction of sp³-hybridized carbons (Fsp3) is 0.0115. The van der Waals surface area contributed by atoms with E-state index in [4.69, 9.17) is 0 Å². The van der Waals surface area contributed by atoms with Crippen LogP contribution in [0.15, 0.2) is 315 Å². The number of benzene rings is 14. The molecule has 1 spiro atoms. The lowest BCUT2D eigenvalue weighted by Gasteiger charge is -2.30. The molecule has 0 amide bonds. The second-order valence-electron chi connectivity index (χ2n) is 24.2. The molecule has 17 aromatic rings. The van der Waals surface area contributed by atoms with E-state index in [0.29, 0.717) is 0 Å². The van der Waals surface area contributed by atoms with Gasteiger partial charge >= 0.3 is 0 Å². The van der Waals surface area contributed by atoms with Crippen LogP contribution >= 0.6 is 34.0 Å². The smallest absolute Gasteiger partial charge is 0.0725 e.